The lowest BCUT2D eigenvalue weighted by Gasteiger charge is -2.27. The lowest BCUT2D eigenvalue weighted by Crippen LogP contribution is -2.43. The van der Waals surface area contributed by atoms with E-state index in [0.717, 1.165) is 5.56 Å². The van der Waals surface area contributed by atoms with Crippen molar-refractivity contribution in [1.82, 2.24) is 10.0 Å². The Morgan fingerprint density at radius 2 is 1.88 bits per heavy atom. The standard InChI is InChI=1S/C23H27N3O5S/c1-14(2)20(25-21-16-7-5-6-8-19(16)32(28,29)26-21)22(27)24-12-23(3,4)15-9-10-17-18(11-15)31-13-30-17/h5-11,14,20H,12-13H2,1-4H3,(H,24,27)(H,25,26)/t20-/m0/s1. The zero-order valence-corrected chi connectivity index (χ0v) is 19.3. The minimum Gasteiger partial charge on any atom is -0.454 e. The number of ether oxygens (including phenoxy) is 2. The fourth-order valence-corrected chi connectivity index (χ4v) is 4.95. The molecule has 2 aromatic carbocycles. The van der Waals surface area contributed by atoms with Crippen LogP contribution in [0.5, 0.6) is 11.5 Å². The van der Waals surface area contributed by atoms with Crippen molar-refractivity contribution in [3.63, 3.8) is 0 Å². The average molecular weight is 458 g/mol. The molecule has 0 radical (unpaired) electrons. The number of sulfonamides is 1. The number of aliphatic imine (C=N–C) groups is 1. The summed E-state index contributed by atoms with van der Waals surface area (Å²) in [5, 5.41) is 2.99. The second-order valence-corrected chi connectivity index (χ2v) is 10.6. The van der Waals surface area contributed by atoms with Crippen LogP contribution in [0.3, 0.4) is 0 Å². The van der Waals surface area contributed by atoms with Crippen molar-refractivity contribution in [2.75, 3.05) is 13.3 Å². The van der Waals surface area contributed by atoms with Crippen molar-refractivity contribution in [3.8, 4) is 11.5 Å². The van der Waals surface area contributed by atoms with Crippen LogP contribution >= 0.6 is 0 Å². The first kappa shape index (κ1) is 22.1. The largest absolute Gasteiger partial charge is 0.454 e. The Labute approximate surface area is 188 Å². The highest BCUT2D eigenvalue weighted by molar-refractivity contribution is 7.90. The number of hydrogen-bond acceptors (Lipinski definition) is 6. The lowest BCUT2D eigenvalue weighted by atomic mass is 9.84. The van der Waals surface area contributed by atoms with Gasteiger partial charge in [0.2, 0.25) is 12.7 Å². The van der Waals surface area contributed by atoms with E-state index in [9.17, 15) is 13.2 Å². The Morgan fingerprint density at radius 3 is 2.62 bits per heavy atom. The number of amides is 1. The topological polar surface area (TPSA) is 106 Å². The van der Waals surface area contributed by atoms with Gasteiger partial charge in [0.25, 0.3) is 10.0 Å². The number of hydrogen-bond donors (Lipinski definition) is 2. The van der Waals surface area contributed by atoms with Gasteiger partial charge in [-0.2, -0.15) is 0 Å². The van der Waals surface area contributed by atoms with Gasteiger partial charge in [-0.15, -0.1) is 0 Å². The average Bonchev–Trinajstić information content (AvgIpc) is 3.32. The van der Waals surface area contributed by atoms with Crippen LogP contribution in [0.25, 0.3) is 0 Å². The minimum atomic E-state index is -3.66. The summed E-state index contributed by atoms with van der Waals surface area (Å²) in [6.07, 6.45) is 0. The van der Waals surface area contributed by atoms with Gasteiger partial charge < -0.3 is 14.8 Å². The highest BCUT2D eigenvalue weighted by Crippen LogP contribution is 2.36. The molecule has 2 aliphatic heterocycles. The Bertz CT molecular complexity index is 1190. The summed E-state index contributed by atoms with van der Waals surface area (Å²) in [4.78, 5) is 17.8. The molecule has 0 aliphatic carbocycles. The predicted molar refractivity (Wildman–Crippen MR) is 121 cm³/mol. The maximum Gasteiger partial charge on any atom is 0.263 e. The maximum atomic E-state index is 13.1. The van der Waals surface area contributed by atoms with Gasteiger partial charge in [0, 0.05) is 17.5 Å². The van der Waals surface area contributed by atoms with Crippen molar-refractivity contribution < 1.29 is 22.7 Å². The van der Waals surface area contributed by atoms with E-state index in [1.54, 1.807) is 18.2 Å². The zero-order valence-electron chi connectivity index (χ0n) is 18.5. The van der Waals surface area contributed by atoms with Gasteiger partial charge in [0.1, 0.15) is 11.9 Å². The predicted octanol–water partition coefficient (Wildman–Crippen LogP) is 2.57. The summed E-state index contributed by atoms with van der Waals surface area (Å²) < 4.78 is 38.0. The number of fused-ring (bicyclic) bond motifs is 2. The molecule has 170 valence electrons. The molecule has 32 heavy (non-hydrogen) atoms. The van der Waals surface area contributed by atoms with Crippen molar-refractivity contribution in [1.29, 1.82) is 0 Å². The highest BCUT2D eigenvalue weighted by Gasteiger charge is 2.33. The van der Waals surface area contributed by atoms with Crippen molar-refractivity contribution in [2.45, 2.75) is 44.0 Å². The monoisotopic (exact) mass is 457 g/mol. The quantitative estimate of drug-likeness (QED) is 0.694. The van der Waals surface area contributed by atoms with Gasteiger partial charge >= 0.3 is 0 Å². The van der Waals surface area contributed by atoms with Crippen LogP contribution in [0.15, 0.2) is 52.4 Å². The lowest BCUT2D eigenvalue weighted by molar-refractivity contribution is -0.123. The van der Waals surface area contributed by atoms with E-state index in [1.807, 2.05) is 45.9 Å². The minimum absolute atomic E-state index is 0.131. The highest BCUT2D eigenvalue weighted by atomic mass is 32.2. The van der Waals surface area contributed by atoms with Crippen LogP contribution < -0.4 is 19.5 Å². The first-order valence-corrected chi connectivity index (χ1v) is 11.9. The maximum absolute atomic E-state index is 13.1. The normalized spacial score (nSPS) is 18.3. The van der Waals surface area contributed by atoms with E-state index in [4.69, 9.17) is 9.47 Å². The van der Waals surface area contributed by atoms with Crippen LogP contribution in [0, 0.1) is 5.92 Å². The van der Waals surface area contributed by atoms with Crippen LogP contribution in [-0.4, -0.2) is 39.5 Å². The molecule has 8 nitrogen and oxygen atoms in total. The Balaban J connectivity index is 1.52. The number of amidine groups is 1. The van der Waals surface area contributed by atoms with Gasteiger partial charge in [0.15, 0.2) is 11.5 Å². The molecule has 0 unspecified atom stereocenters. The first-order valence-electron chi connectivity index (χ1n) is 10.5. The Morgan fingerprint density at radius 1 is 1.16 bits per heavy atom. The summed E-state index contributed by atoms with van der Waals surface area (Å²) in [5.74, 6) is 1.21. The Kier molecular flexibility index (Phi) is 5.62. The molecule has 1 amide bonds. The number of nitrogens with zero attached hydrogens (tertiary/aromatic N) is 1. The number of carbonyl (C=O) groups excluding carboxylic acids is 1. The smallest absolute Gasteiger partial charge is 0.263 e. The third kappa shape index (κ3) is 4.17. The molecular formula is C23H27N3O5S. The van der Waals surface area contributed by atoms with Gasteiger partial charge in [-0.1, -0.05) is 45.9 Å². The number of carbonyl (C=O) groups is 1. The summed E-state index contributed by atoms with van der Waals surface area (Å²) in [7, 11) is -3.66. The molecule has 1 atom stereocenters. The van der Waals surface area contributed by atoms with Crippen molar-refractivity contribution in [2.24, 2.45) is 10.9 Å². The van der Waals surface area contributed by atoms with Crippen molar-refractivity contribution >= 4 is 21.8 Å². The molecule has 0 saturated carbocycles. The van der Waals surface area contributed by atoms with Crippen LogP contribution in [0.4, 0.5) is 0 Å². The molecule has 2 heterocycles. The molecule has 4 rings (SSSR count). The summed E-state index contributed by atoms with van der Waals surface area (Å²) in [6.45, 7) is 8.41. The third-order valence-corrected chi connectivity index (χ3v) is 7.09. The second-order valence-electron chi connectivity index (χ2n) is 8.94. The van der Waals surface area contributed by atoms with Gasteiger partial charge in [-0.3, -0.25) is 14.5 Å². The molecule has 0 fully saturated rings. The van der Waals surface area contributed by atoms with Crippen LogP contribution in [0.2, 0.25) is 0 Å². The number of benzene rings is 2. The third-order valence-electron chi connectivity index (χ3n) is 5.69. The summed E-state index contributed by atoms with van der Waals surface area (Å²) in [5.41, 5.74) is 1.12. The fraction of sp³-hybridized carbons (Fsp3) is 0.391. The SMILES string of the molecule is CC(C)[C@H](N=C1NS(=O)(=O)c2ccccc21)C(=O)NCC(C)(C)c1ccc2c(c1)OCO2. The molecule has 0 aromatic heterocycles. The van der Waals surface area contributed by atoms with E-state index in [0.29, 0.717) is 23.6 Å². The molecule has 0 bridgehead atoms. The van der Waals surface area contributed by atoms with Crippen molar-refractivity contribution in [3.05, 3.63) is 53.6 Å². The van der Waals surface area contributed by atoms with E-state index in [2.05, 4.69) is 15.0 Å². The first-order chi connectivity index (χ1) is 15.1. The fourth-order valence-electron chi connectivity index (χ4n) is 3.71. The second kappa shape index (κ2) is 8.12. The van der Waals surface area contributed by atoms with Gasteiger partial charge in [-0.05, 0) is 35.7 Å². The van der Waals surface area contributed by atoms with E-state index in [1.165, 1.54) is 6.07 Å². The Hall–Kier alpha value is -3.07. The van der Waals surface area contributed by atoms with Crippen LogP contribution in [-0.2, 0) is 20.2 Å². The summed E-state index contributed by atoms with van der Waals surface area (Å²) >= 11 is 0. The molecule has 2 N–H and O–H groups in total. The van der Waals surface area contributed by atoms with Gasteiger partial charge in [-0.25, -0.2) is 8.42 Å². The molecule has 0 saturated heterocycles. The van der Waals surface area contributed by atoms with E-state index in [-0.39, 0.29) is 34.8 Å². The van der Waals surface area contributed by atoms with E-state index < -0.39 is 16.1 Å². The molecule has 2 aromatic rings. The molecule has 9 heteroatoms. The number of nitrogens with one attached hydrogen (secondary N) is 2. The molecule has 2 aliphatic rings. The van der Waals surface area contributed by atoms with Crippen LogP contribution in [0.1, 0.15) is 38.8 Å². The van der Waals surface area contributed by atoms with E-state index >= 15 is 0 Å². The molecular weight excluding hydrogens is 430 g/mol. The molecule has 0 spiro atoms. The number of rotatable bonds is 6. The summed E-state index contributed by atoms with van der Waals surface area (Å²) in [6, 6.07) is 11.6. The zero-order chi connectivity index (χ0) is 23.1. The van der Waals surface area contributed by atoms with Gasteiger partial charge in [0.05, 0.1) is 4.90 Å².